The minimum absolute atomic E-state index is 0.0123. The Morgan fingerprint density at radius 3 is 2.74 bits per heavy atom. The summed E-state index contributed by atoms with van der Waals surface area (Å²) in [4.78, 5) is 10.8. The van der Waals surface area contributed by atoms with Crippen LogP contribution >= 0.6 is 0 Å². The van der Waals surface area contributed by atoms with Gasteiger partial charge in [0.25, 0.3) is 0 Å². The molecule has 1 heterocycles. The van der Waals surface area contributed by atoms with Gasteiger partial charge in [-0.05, 0) is 25.1 Å². The number of carboxylic acid groups (broad SMARTS) is 1. The van der Waals surface area contributed by atoms with Crippen LogP contribution < -0.4 is 4.74 Å². The van der Waals surface area contributed by atoms with E-state index in [1.165, 1.54) is 13.0 Å². The van der Waals surface area contributed by atoms with Crippen molar-refractivity contribution in [2.75, 3.05) is 0 Å². The third-order valence-electron chi connectivity index (χ3n) is 2.46. The Balaban J connectivity index is 2.12. The lowest BCUT2D eigenvalue weighted by molar-refractivity contribution is 0.0695. The summed E-state index contributed by atoms with van der Waals surface area (Å²) in [5.74, 6) is -2.26. The first-order chi connectivity index (χ1) is 8.97. The number of carbonyl (C=O) groups is 1. The Morgan fingerprint density at radius 1 is 1.37 bits per heavy atom. The van der Waals surface area contributed by atoms with Crippen molar-refractivity contribution < 1.29 is 27.8 Å². The monoisotopic (exact) mass is 268 g/mol. The second kappa shape index (κ2) is 5.09. The van der Waals surface area contributed by atoms with Gasteiger partial charge in [-0.3, -0.25) is 0 Å². The smallest absolute Gasteiger partial charge is 0.339 e. The molecule has 6 heteroatoms. The summed E-state index contributed by atoms with van der Waals surface area (Å²) >= 11 is 0. The van der Waals surface area contributed by atoms with Gasteiger partial charge < -0.3 is 14.3 Å². The normalized spacial score (nSPS) is 10.5. The number of halogens is 2. The first kappa shape index (κ1) is 13.1. The van der Waals surface area contributed by atoms with E-state index in [2.05, 4.69) is 0 Å². The Morgan fingerprint density at radius 2 is 2.11 bits per heavy atom. The summed E-state index contributed by atoms with van der Waals surface area (Å²) in [6, 6.07) is 4.11. The Labute approximate surface area is 107 Å². The molecule has 2 rings (SSSR count). The van der Waals surface area contributed by atoms with Crippen LogP contribution in [0.3, 0.4) is 0 Å². The fourth-order valence-corrected chi connectivity index (χ4v) is 1.56. The second-order valence-corrected chi connectivity index (χ2v) is 3.85. The average Bonchev–Trinajstić information content (AvgIpc) is 2.72. The molecule has 1 aromatic heterocycles. The first-order valence-corrected chi connectivity index (χ1v) is 5.38. The maximum Gasteiger partial charge on any atom is 0.339 e. The molecule has 2 aromatic rings. The molecule has 0 amide bonds. The third kappa shape index (κ3) is 2.90. The number of furan rings is 1. The van der Waals surface area contributed by atoms with Crippen LogP contribution in [0.15, 0.2) is 28.7 Å². The molecule has 19 heavy (non-hydrogen) atoms. The maximum atomic E-state index is 13.3. The highest BCUT2D eigenvalue weighted by Gasteiger charge is 2.14. The molecular formula is C13H10F2O4. The van der Waals surface area contributed by atoms with Crippen molar-refractivity contribution in [3.05, 3.63) is 53.0 Å². The van der Waals surface area contributed by atoms with E-state index in [9.17, 15) is 13.6 Å². The molecule has 0 saturated carbocycles. The lowest BCUT2D eigenvalue weighted by Gasteiger charge is -2.05. The maximum absolute atomic E-state index is 13.3. The Hall–Kier alpha value is -2.37. The van der Waals surface area contributed by atoms with Gasteiger partial charge in [-0.25, -0.2) is 13.6 Å². The molecule has 0 aliphatic heterocycles. The molecule has 0 bridgehead atoms. The van der Waals surface area contributed by atoms with Crippen LogP contribution in [0.2, 0.25) is 0 Å². The first-order valence-electron chi connectivity index (χ1n) is 5.38. The second-order valence-electron chi connectivity index (χ2n) is 3.85. The predicted molar refractivity (Wildman–Crippen MR) is 61.1 cm³/mol. The standard InChI is InChI=1S/C13H10F2O4/c1-7-10(13(16)17)5-9(19-7)6-18-12-4-8(14)2-3-11(12)15/h2-5H,6H2,1H3,(H,16,17). The summed E-state index contributed by atoms with van der Waals surface area (Å²) in [7, 11) is 0. The van der Waals surface area contributed by atoms with Crippen LogP contribution in [0, 0.1) is 18.6 Å². The zero-order valence-electron chi connectivity index (χ0n) is 9.94. The molecule has 0 spiro atoms. The van der Waals surface area contributed by atoms with Crippen molar-refractivity contribution in [2.24, 2.45) is 0 Å². The van der Waals surface area contributed by atoms with Crippen molar-refractivity contribution in [2.45, 2.75) is 13.5 Å². The molecule has 0 atom stereocenters. The van der Waals surface area contributed by atoms with E-state index >= 15 is 0 Å². The van der Waals surface area contributed by atoms with Gasteiger partial charge in [0.15, 0.2) is 11.6 Å². The molecule has 1 aromatic carbocycles. The Bertz CT molecular complexity index is 619. The van der Waals surface area contributed by atoms with Crippen LogP contribution in [0.4, 0.5) is 8.78 Å². The fraction of sp³-hybridized carbons (Fsp3) is 0.154. The fourth-order valence-electron chi connectivity index (χ4n) is 1.56. The van der Waals surface area contributed by atoms with Crippen molar-refractivity contribution >= 4 is 5.97 Å². The van der Waals surface area contributed by atoms with Gasteiger partial charge in [-0.15, -0.1) is 0 Å². The van der Waals surface area contributed by atoms with Crippen molar-refractivity contribution in [1.29, 1.82) is 0 Å². The largest absolute Gasteiger partial charge is 0.482 e. The van der Waals surface area contributed by atoms with Crippen molar-refractivity contribution in [1.82, 2.24) is 0 Å². The molecule has 0 unspecified atom stereocenters. The van der Waals surface area contributed by atoms with Crippen LogP contribution in [0.1, 0.15) is 21.9 Å². The minimum atomic E-state index is -1.12. The number of ether oxygens (including phenoxy) is 1. The zero-order chi connectivity index (χ0) is 14.0. The van der Waals surface area contributed by atoms with Gasteiger partial charge in [0.05, 0.1) is 0 Å². The third-order valence-corrected chi connectivity index (χ3v) is 2.46. The number of rotatable bonds is 4. The SMILES string of the molecule is Cc1oc(COc2cc(F)ccc2F)cc1C(=O)O. The number of aryl methyl sites for hydroxylation is 1. The van der Waals surface area contributed by atoms with E-state index in [4.69, 9.17) is 14.3 Å². The van der Waals surface area contributed by atoms with E-state index in [-0.39, 0.29) is 29.4 Å². The van der Waals surface area contributed by atoms with Gasteiger partial charge in [0.1, 0.15) is 29.5 Å². The van der Waals surface area contributed by atoms with E-state index in [0.717, 1.165) is 18.2 Å². The molecule has 0 fully saturated rings. The van der Waals surface area contributed by atoms with Crippen LogP contribution in [0.5, 0.6) is 5.75 Å². The summed E-state index contributed by atoms with van der Waals surface area (Å²) in [5.41, 5.74) is 0.0123. The van der Waals surface area contributed by atoms with E-state index in [1.54, 1.807) is 0 Å². The van der Waals surface area contributed by atoms with Crippen molar-refractivity contribution in [3.63, 3.8) is 0 Å². The average molecular weight is 268 g/mol. The van der Waals surface area contributed by atoms with Gasteiger partial charge in [0.2, 0.25) is 0 Å². The molecule has 1 N–H and O–H groups in total. The quantitative estimate of drug-likeness (QED) is 0.925. The van der Waals surface area contributed by atoms with Gasteiger partial charge in [-0.1, -0.05) is 0 Å². The molecule has 0 radical (unpaired) electrons. The highest BCUT2D eigenvalue weighted by Crippen LogP contribution is 2.21. The lowest BCUT2D eigenvalue weighted by atomic mass is 10.2. The van der Waals surface area contributed by atoms with E-state index in [1.807, 2.05) is 0 Å². The molecule has 4 nitrogen and oxygen atoms in total. The number of benzene rings is 1. The number of hydrogen-bond acceptors (Lipinski definition) is 3. The minimum Gasteiger partial charge on any atom is -0.482 e. The van der Waals surface area contributed by atoms with E-state index < -0.39 is 17.6 Å². The summed E-state index contributed by atoms with van der Waals surface area (Å²) < 4.78 is 36.4. The summed E-state index contributed by atoms with van der Waals surface area (Å²) in [6.45, 7) is 1.31. The number of hydrogen-bond donors (Lipinski definition) is 1. The highest BCUT2D eigenvalue weighted by atomic mass is 19.1. The molecule has 100 valence electrons. The number of aromatic carboxylic acids is 1. The molecule has 0 aliphatic rings. The number of carboxylic acids is 1. The molecule has 0 saturated heterocycles. The van der Waals surface area contributed by atoms with Crippen LogP contribution in [0.25, 0.3) is 0 Å². The van der Waals surface area contributed by atoms with Crippen LogP contribution in [-0.2, 0) is 6.61 Å². The lowest BCUT2D eigenvalue weighted by Crippen LogP contribution is -1.97. The topological polar surface area (TPSA) is 59.7 Å². The predicted octanol–water partition coefficient (Wildman–Crippen LogP) is 3.14. The van der Waals surface area contributed by atoms with Gasteiger partial charge >= 0.3 is 5.97 Å². The molecule has 0 aliphatic carbocycles. The Kier molecular flexibility index (Phi) is 3.50. The highest BCUT2D eigenvalue weighted by molar-refractivity contribution is 5.88. The van der Waals surface area contributed by atoms with Crippen LogP contribution in [-0.4, -0.2) is 11.1 Å². The van der Waals surface area contributed by atoms with Crippen molar-refractivity contribution in [3.8, 4) is 5.75 Å². The summed E-state index contributed by atoms with van der Waals surface area (Å²) in [6.07, 6.45) is 0. The van der Waals surface area contributed by atoms with Gasteiger partial charge in [-0.2, -0.15) is 0 Å². The molecular weight excluding hydrogens is 258 g/mol. The van der Waals surface area contributed by atoms with E-state index in [0.29, 0.717) is 0 Å². The van der Waals surface area contributed by atoms with Gasteiger partial charge in [0, 0.05) is 6.07 Å². The summed E-state index contributed by atoms with van der Waals surface area (Å²) in [5, 5.41) is 8.83. The zero-order valence-corrected chi connectivity index (χ0v) is 9.94.